The monoisotopic (exact) mass is 1580 g/mol. The van der Waals surface area contributed by atoms with Crippen LogP contribution in [0.5, 0.6) is 23.5 Å². The smallest absolute Gasteiger partial charge is 0.258 e. The molecule has 0 spiro atoms. The Kier molecular flexibility index (Phi) is 20.9. The van der Waals surface area contributed by atoms with Crippen molar-refractivity contribution in [2.45, 2.75) is 114 Å². The van der Waals surface area contributed by atoms with E-state index < -0.39 is 5.82 Å². The Morgan fingerprint density at radius 3 is 1.13 bits per heavy atom. The molecular formula is C82H77BrFN21O8. The highest BCUT2D eigenvalue weighted by Crippen LogP contribution is 2.45. The number of para-hydroxylation sites is 1. The van der Waals surface area contributed by atoms with E-state index in [1.807, 2.05) is 149 Å². The lowest BCUT2D eigenvalue weighted by molar-refractivity contribution is 0.0463. The number of halogens is 2. The van der Waals surface area contributed by atoms with Gasteiger partial charge in [0.15, 0.2) is 17.5 Å². The van der Waals surface area contributed by atoms with E-state index in [1.165, 1.54) is 32.8 Å². The number of aromatic nitrogens is 17. The van der Waals surface area contributed by atoms with Crippen molar-refractivity contribution in [3.63, 3.8) is 0 Å². The Hall–Kier alpha value is -12.7. The highest BCUT2D eigenvalue weighted by atomic mass is 79.9. The second-order valence-electron chi connectivity index (χ2n) is 29.2. The minimum absolute atomic E-state index is 0.00437. The number of hydrogen-bond donors (Lipinski definition) is 0. The first-order chi connectivity index (χ1) is 55.3. The molecule has 4 saturated carbocycles. The Morgan fingerprint density at radius 2 is 0.735 bits per heavy atom. The van der Waals surface area contributed by atoms with Gasteiger partial charge in [0.05, 0.1) is 94.9 Å². The molecule has 12 unspecified atom stereocenters. The number of carbonyl (C=O) groups is 4. The third-order valence-corrected chi connectivity index (χ3v) is 22.4. The third-order valence-electron chi connectivity index (χ3n) is 22.0. The lowest BCUT2D eigenvalue weighted by Gasteiger charge is -2.33. The molecule has 29 nitrogen and oxygen atoms in total. The summed E-state index contributed by atoms with van der Waals surface area (Å²) in [6.07, 6.45) is 26.7. The first-order valence-electron chi connectivity index (χ1n) is 37.7. The molecule has 31 heteroatoms. The lowest BCUT2D eigenvalue weighted by atomic mass is 10.0. The number of amides is 4. The number of aryl methyl sites for hydroxylation is 2. The van der Waals surface area contributed by atoms with Crippen LogP contribution in [0.3, 0.4) is 0 Å². The largest absolute Gasteiger partial charge is 0.472 e. The van der Waals surface area contributed by atoms with Crippen molar-refractivity contribution in [1.82, 2.24) is 104 Å². The van der Waals surface area contributed by atoms with Gasteiger partial charge in [0.25, 0.3) is 23.6 Å². The predicted octanol–water partition coefficient (Wildman–Crippen LogP) is 10.6. The molecule has 113 heavy (non-hydrogen) atoms. The van der Waals surface area contributed by atoms with Gasteiger partial charge in [-0.2, -0.15) is 35.4 Å². The number of fused-ring (bicyclic) bond motifs is 8. The Bertz CT molecular complexity index is 5330. The first-order valence-corrected chi connectivity index (χ1v) is 38.5. The van der Waals surface area contributed by atoms with Gasteiger partial charge in [0.1, 0.15) is 30.2 Å². The number of piperidine rings is 4. The van der Waals surface area contributed by atoms with Crippen LogP contribution in [0.25, 0.3) is 28.7 Å². The Labute approximate surface area is 656 Å². The highest BCUT2D eigenvalue weighted by Gasteiger charge is 2.53. The summed E-state index contributed by atoms with van der Waals surface area (Å²) in [7, 11) is 0. The topological polar surface area (TPSA) is 313 Å². The summed E-state index contributed by atoms with van der Waals surface area (Å²) in [5.74, 6) is 4.39. The van der Waals surface area contributed by atoms with Crippen molar-refractivity contribution in [1.29, 1.82) is 0 Å². The minimum atomic E-state index is -0.507. The molecule has 8 fully saturated rings. The molecule has 8 aliphatic rings. The van der Waals surface area contributed by atoms with Crippen LogP contribution in [0.2, 0.25) is 0 Å². The highest BCUT2D eigenvalue weighted by molar-refractivity contribution is 9.10. The minimum Gasteiger partial charge on any atom is -0.472 e. The van der Waals surface area contributed by atoms with Crippen LogP contribution in [-0.2, 0) is 0 Å². The van der Waals surface area contributed by atoms with E-state index >= 15 is 0 Å². The van der Waals surface area contributed by atoms with Gasteiger partial charge in [-0.15, -0.1) is 9.59 Å². The van der Waals surface area contributed by atoms with Gasteiger partial charge in [0, 0.05) is 103 Å². The molecule has 20 rings (SSSR count). The van der Waals surface area contributed by atoms with E-state index in [4.69, 9.17) is 18.9 Å². The molecule has 572 valence electrons. The second-order valence-corrected chi connectivity index (χ2v) is 30.2. The van der Waals surface area contributed by atoms with Gasteiger partial charge in [-0.25, -0.2) is 44.3 Å². The zero-order valence-corrected chi connectivity index (χ0v) is 63.1. The summed E-state index contributed by atoms with van der Waals surface area (Å²) < 4.78 is 39.9. The van der Waals surface area contributed by atoms with Crippen LogP contribution < -0.4 is 18.9 Å². The van der Waals surface area contributed by atoms with Crippen molar-refractivity contribution >= 4 is 39.6 Å². The normalized spacial score (nSPS) is 23.0. The number of pyridine rings is 6. The maximum Gasteiger partial charge on any atom is 0.258 e. The third kappa shape index (κ3) is 15.6. The first kappa shape index (κ1) is 73.1. The number of carbonyl (C=O) groups excluding carboxylic acids is 4. The molecular weight excluding hydrogens is 1510 g/mol. The van der Waals surface area contributed by atoms with E-state index in [-0.39, 0.29) is 89.2 Å². The van der Waals surface area contributed by atoms with Gasteiger partial charge in [0.2, 0.25) is 23.5 Å². The average Bonchev–Trinajstić information content (AvgIpc) is 1.58. The van der Waals surface area contributed by atoms with Crippen LogP contribution in [0.4, 0.5) is 4.39 Å². The lowest BCUT2D eigenvalue weighted by Crippen LogP contribution is -2.47. The van der Waals surface area contributed by atoms with Gasteiger partial charge < -0.3 is 38.5 Å². The van der Waals surface area contributed by atoms with Crippen molar-refractivity contribution in [2.24, 2.45) is 23.7 Å². The fourth-order valence-electron chi connectivity index (χ4n) is 17.1. The van der Waals surface area contributed by atoms with Crippen LogP contribution in [0.15, 0.2) is 218 Å². The van der Waals surface area contributed by atoms with Crippen molar-refractivity contribution in [2.75, 3.05) is 26.2 Å². The molecule has 0 N–H and O–H groups in total. The Morgan fingerprint density at radius 1 is 0.363 bits per heavy atom. The van der Waals surface area contributed by atoms with Crippen LogP contribution >= 0.6 is 15.9 Å². The molecule has 14 heterocycles. The zero-order chi connectivity index (χ0) is 77.1. The van der Waals surface area contributed by atoms with Gasteiger partial charge in [-0.3, -0.25) is 19.2 Å². The molecule has 2 aromatic carbocycles. The standard InChI is InChI=1S/C22H19FN4O2.C20H19BrN6O2.C20H20N6O2.C20H19N5O2/c23-16-6-3-5-15(20(16)21-25-9-4-10-26-21)22(28)27-13-14-11-17(27)18(12-14)29-19-7-1-2-8-24-19;1-12-2-4-15(19(25-12)27-23-6-7-24-27)20(28)26-11-13-8-16(26)17(9-13)29-18-5-3-14(21)10-22-18;1-13-5-6-15(19(24-13)26-22-8-9-23-26)20(27)25-12-14-10-16(25)17(11-14)28-18-4-2-3-7-21-18;26-20(15-5-1-2-6-16(15)25-22-9-10-23-25)24-13-14-11-17(24)18(12-14)27-19-7-3-4-8-21-19/h1-10,14,17-18H,11-13H2;2-7,10,13,16-17H,8-9,11H2,1H3;2-9,14,16-17H,10-12H2,1H3;1-10,14,17-18H,11-13H2. The molecule has 4 aliphatic heterocycles. The van der Waals surface area contributed by atoms with Crippen LogP contribution in [-0.4, -0.2) is 203 Å². The van der Waals surface area contributed by atoms with E-state index in [0.717, 1.165) is 86.9 Å². The molecule has 4 amide bonds. The Balaban J connectivity index is 0.000000109. The second kappa shape index (κ2) is 32.3. The summed E-state index contributed by atoms with van der Waals surface area (Å²) >= 11 is 3.38. The molecule has 8 bridgehead atoms. The van der Waals surface area contributed by atoms with E-state index in [0.29, 0.717) is 87.7 Å². The van der Waals surface area contributed by atoms with E-state index in [1.54, 1.807) is 80.2 Å². The number of likely N-dealkylation sites (tertiary alicyclic amines) is 4. The molecule has 0 radical (unpaired) electrons. The zero-order valence-electron chi connectivity index (χ0n) is 61.5. The predicted molar refractivity (Wildman–Crippen MR) is 409 cm³/mol. The maximum atomic E-state index is 14.7. The van der Waals surface area contributed by atoms with E-state index in [2.05, 4.69) is 86.4 Å². The van der Waals surface area contributed by atoms with Gasteiger partial charge in [-0.05, 0) is 184 Å². The van der Waals surface area contributed by atoms with Crippen LogP contribution in [0.1, 0.15) is 104 Å². The van der Waals surface area contributed by atoms with Crippen molar-refractivity contribution in [3.05, 3.63) is 258 Å². The number of hydrogen-bond acceptors (Lipinski definition) is 22. The molecule has 4 aliphatic carbocycles. The SMILES string of the molecule is Cc1ccc(C(=O)N2CC3CC(Oc4ccc(Br)cn4)C2C3)c(-n2nccn2)n1.Cc1ccc(C(=O)N2CC3CC(Oc4ccccn4)C2C3)c(-n2nccn2)n1.O=C(c1cccc(F)c1-c1ncccn1)N1CC2CC(Oc3ccccn3)C1C2.O=C(c1ccccc1-n1nccn1)N1CC2CC(Oc3ccccn3)C1C2. The maximum absolute atomic E-state index is 14.7. The summed E-state index contributed by atoms with van der Waals surface area (Å²) in [6, 6.07) is 41.5. The number of ether oxygens (including phenoxy) is 4. The number of benzene rings is 2. The van der Waals surface area contributed by atoms with Gasteiger partial charge >= 0.3 is 0 Å². The number of rotatable bonds is 16. The average molecular weight is 1580 g/mol. The fourth-order valence-corrected chi connectivity index (χ4v) is 17.4. The number of nitrogens with zero attached hydrogens (tertiary/aromatic N) is 21. The molecule has 10 aromatic heterocycles. The summed E-state index contributed by atoms with van der Waals surface area (Å²) in [5, 5.41) is 25.0. The van der Waals surface area contributed by atoms with Crippen molar-refractivity contribution < 1.29 is 42.5 Å². The molecule has 4 saturated heterocycles. The molecule has 12 aromatic rings. The fraction of sp³-hybridized carbons (Fsp3) is 0.317. The summed E-state index contributed by atoms with van der Waals surface area (Å²) in [5.41, 5.74) is 4.34. The quantitative estimate of drug-likeness (QED) is 0.0867. The summed E-state index contributed by atoms with van der Waals surface area (Å²) in [4.78, 5) is 99.8. The summed E-state index contributed by atoms with van der Waals surface area (Å²) in [6.45, 7) is 6.66. The van der Waals surface area contributed by atoms with E-state index in [9.17, 15) is 23.6 Å². The molecule has 12 atom stereocenters. The van der Waals surface area contributed by atoms with Gasteiger partial charge in [-0.1, -0.05) is 36.4 Å². The van der Waals surface area contributed by atoms with Crippen LogP contribution in [0, 0.1) is 43.3 Å². The van der Waals surface area contributed by atoms with Crippen molar-refractivity contribution in [3.8, 4) is 52.2 Å².